The van der Waals surface area contributed by atoms with Gasteiger partial charge in [0.25, 0.3) is 0 Å². The van der Waals surface area contributed by atoms with Gasteiger partial charge < -0.3 is 9.80 Å². The van der Waals surface area contributed by atoms with Crippen LogP contribution in [0.15, 0.2) is 11.4 Å². The summed E-state index contributed by atoms with van der Waals surface area (Å²) in [6.07, 6.45) is 4.18. The summed E-state index contributed by atoms with van der Waals surface area (Å²) in [5.41, 5.74) is 4.33. The predicted molar refractivity (Wildman–Crippen MR) is 97.4 cm³/mol. The van der Waals surface area contributed by atoms with Crippen LogP contribution in [0.5, 0.6) is 0 Å². The van der Waals surface area contributed by atoms with E-state index in [9.17, 15) is 0 Å². The molecule has 0 saturated carbocycles. The Morgan fingerprint density at radius 3 is 2.00 bits per heavy atom. The zero-order valence-corrected chi connectivity index (χ0v) is 15.6. The lowest BCUT2D eigenvalue weighted by Gasteiger charge is -2.30. The molecule has 0 bridgehead atoms. The molecule has 0 aliphatic heterocycles. The molecule has 0 aromatic carbocycles. The molecule has 1 aliphatic carbocycles. The molecule has 1 unspecified atom stereocenters. The van der Waals surface area contributed by atoms with Crippen LogP contribution >= 0.6 is 12.2 Å². The Morgan fingerprint density at radius 2 is 1.60 bits per heavy atom. The highest BCUT2D eigenvalue weighted by Crippen LogP contribution is 2.41. The minimum Gasteiger partial charge on any atom is -0.380 e. The van der Waals surface area contributed by atoms with Gasteiger partial charge >= 0.3 is 0 Å². The average Bonchev–Trinajstić information content (AvgIpc) is 2.60. The second kappa shape index (κ2) is 11.2. The number of nitrogens with zero attached hydrogens (tertiary/aromatic N) is 2. The van der Waals surface area contributed by atoms with E-state index in [0.29, 0.717) is 0 Å². The van der Waals surface area contributed by atoms with E-state index < -0.39 is 0 Å². The molecule has 0 N–H and O–H groups in total. The van der Waals surface area contributed by atoms with Gasteiger partial charge in [-0.25, -0.2) is 0 Å². The molecule has 20 heavy (non-hydrogen) atoms. The summed E-state index contributed by atoms with van der Waals surface area (Å²) in [6.45, 7) is 10.1. The molecule has 2 radical (unpaired) electrons. The highest BCUT2D eigenvalue weighted by atomic mass is 32.1. The van der Waals surface area contributed by atoms with Gasteiger partial charge in [0.1, 0.15) is 0 Å². The molecule has 1 atom stereocenters. The first-order valence-corrected chi connectivity index (χ1v) is 8.21. The number of rotatable bonds is 3. The summed E-state index contributed by atoms with van der Waals surface area (Å²) in [5.74, 6) is 0. The second-order valence-electron chi connectivity index (χ2n) is 5.19. The molecular weight excluding hydrogens is 263 g/mol. The van der Waals surface area contributed by atoms with E-state index in [1.807, 2.05) is 39.6 Å². The molecule has 0 saturated heterocycles. The summed E-state index contributed by atoms with van der Waals surface area (Å²) in [6, 6.07) is 0. The SMILES string of the molecule is CC.CC.[B]C1(C)CCCC(N(C)C=S)=C(N(C)C)C1. The Labute approximate surface area is 134 Å². The third kappa shape index (κ3) is 7.32. The lowest BCUT2D eigenvalue weighted by molar-refractivity contribution is 0.430. The smallest absolute Gasteiger partial charge is 0.0747 e. The summed E-state index contributed by atoms with van der Waals surface area (Å²) < 4.78 is 0. The van der Waals surface area contributed by atoms with Crippen LogP contribution < -0.4 is 0 Å². The second-order valence-corrected chi connectivity index (χ2v) is 5.40. The summed E-state index contributed by atoms with van der Waals surface area (Å²) in [5, 5.41) is -0.0936. The molecule has 1 rings (SSSR count). The van der Waals surface area contributed by atoms with Gasteiger partial charge in [0, 0.05) is 32.5 Å². The molecule has 0 fully saturated rings. The molecule has 0 spiro atoms. The van der Waals surface area contributed by atoms with E-state index >= 15 is 0 Å². The van der Waals surface area contributed by atoms with Gasteiger partial charge in [-0.15, -0.1) is 0 Å². The van der Waals surface area contributed by atoms with Gasteiger partial charge in [-0.05, 0) is 19.3 Å². The van der Waals surface area contributed by atoms with E-state index in [-0.39, 0.29) is 5.31 Å². The fourth-order valence-electron chi connectivity index (χ4n) is 2.24. The third-order valence-corrected chi connectivity index (χ3v) is 3.51. The maximum absolute atomic E-state index is 6.29. The zero-order valence-electron chi connectivity index (χ0n) is 14.8. The monoisotopic (exact) mass is 296 g/mol. The van der Waals surface area contributed by atoms with E-state index in [1.54, 1.807) is 5.49 Å². The van der Waals surface area contributed by atoms with Gasteiger partial charge in [0.05, 0.1) is 13.3 Å². The maximum atomic E-state index is 6.29. The topological polar surface area (TPSA) is 6.48 Å². The Bertz CT molecular complexity index is 299. The van der Waals surface area contributed by atoms with Crippen LogP contribution in [0.1, 0.15) is 60.3 Å². The molecular formula is C16H33BN2S. The molecule has 4 heteroatoms. The fourth-order valence-corrected chi connectivity index (χ4v) is 2.36. The van der Waals surface area contributed by atoms with E-state index in [2.05, 4.69) is 25.9 Å². The standard InChI is InChI=1S/C12H21BN2S.2C2H6/c1-12(13)7-5-6-10(15(4)9-16)11(8-12)14(2)3;2*1-2/h9H,5-8H2,1-4H3;2*1-2H3. The number of hydrogen-bond acceptors (Lipinski definition) is 2. The summed E-state index contributed by atoms with van der Waals surface area (Å²) >= 11 is 5.01. The van der Waals surface area contributed by atoms with Crippen molar-refractivity contribution in [2.45, 2.75) is 65.6 Å². The minimum absolute atomic E-state index is 0.0936. The Balaban J connectivity index is 0. The van der Waals surface area contributed by atoms with Crippen LogP contribution in [0.4, 0.5) is 0 Å². The summed E-state index contributed by atoms with van der Waals surface area (Å²) in [7, 11) is 12.5. The highest BCUT2D eigenvalue weighted by Gasteiger charge is 2.26. The van der Waals surface area contributed by atoms with Crippen molar-refractivity contribution >= 4 is 25.6 Å². The molecule has 0 amide bonds. The van der Waals surface area contributed by atoms with Crippen molar-refractivity contribution in [1.29, 1.82) is 0 Å². The zero-order chi connectivity index (χ0) is 16.3. The van der Waals surface area contributed by atoms with Crippen LogP contribution in [-0.4, -0.2) is 44.3 Å². The van der Waals surface area contributed by atoms with E-state index in [1.165, 1.54) is 11.4 Å². The van der Waals surface area contributed by atoms with Crippen molar-refractivity contribution in [2.24, 2.45) is 0 Å². The van der Waals surface area contributed by atoms with Crippen LogP contribution in [0.25, 0.3) is 0 Å². The maximum Gasteiger partial charge on any atom is 0.0747 e. The number of thiocarbonyl (C=S) groups is 1. The largest absolute Gasteiger partial charge is 0.380 e. The predicted octanol–water partition coefficient (Wildman–Crippen LogP) is 4.62. The Kier molecular flexibility index (Phi) is 12.2. The lowest BCUT2D eigenvalue weighted by Crippen LogP contribution is -2.23. The van der Waals surface area contributed by atoms with Gasteiger partial charge in [0.2, 0.25) is 0 Å². The van der Waals surface area contributed by atoms with Crippen LogP contribution in [-0.2, 0) is 0 Å². The molecule has 116 valence electrons. The van der Waals surface area contributed by atoms with Gasteiger partial charge in [-0.3, -0.25) is 0 Å². The van der Waals surface area contributed by atoms with E-state index in [0.717, 1.165) is 25.7 Å². The van der Waals surface area contributed by atoms with Crippen LogP contribution in [0.3, 0.4) is 0 Å². The minimum atomic E-state index is -0.0936. The van der Waals surface area contributed by atoms with Crippen LogP contribution in [0, 0.1) is 0 Å². The van der Waals surface area contributed by atoms with Crippen molar-refractivity contribution in [2.75, 3.05) is 21.1 Å². The molecule has 1 aliphatic rings. The van der Waals surface area contributed by atoms with Crippen molar-refractivity contribution in [3.05, 3.63) is 11.4 Å². The van der Waals surface area contributed by atoms with E-state index in [4.69, 9.17) is 20.1 Å². The van der Waals surface area contributed by atoms with Gasteiger partial charge in [-0.1, -0.05) is 58.6 Å². The molecule has 2 nitrogen and oxygen atoms in total. The Morgan fingerprint density at radius 1 is 1.10 bits per heavy atom. The third-order valence-electron chi connectivity index (χ3n) is 3.19. The first kappa shape index (κ1) is 21.8. The van der Waals surface area contributed by atoms with Gasteiger partial charge in [-0.2, -0.15) is 0 Å². The van der Waals surface area contributed by atoms with Crippen molar-refractivity contribution in [3.8, 4) is 0 Å². The van der Waals surface area contributed by atoms with Crippen molar-refractivity contribution in [1.82, 2.24) is 9.80 Å². The number of allylic oxidation sites excluding steroid dienone is 2. The number of hydrogen-bond donors (Lipinski definition) is 0. The first-order chi connectivity index (χ1) is 9.37. The molecule has 0 aromatic heterocycles. The molecule has 0 heterocycles. The summed E-state index contributed by atoms with van der Waals surface area (Å²) in [4.78, 5) is 4.22. The molecule has 0 aromatic rings. The quantitative estimate of drug-likeness (QED) is 0.554. The van der Waals surface area contributed by atoms with Crippen LogP contribution in [0.2, 0.25) is 5.31 Å². The average molecular weight is 296 g/mol. The fraction of sp³-hybridized carbons (Fsp3) is 0.812. The van der Waals surface area contributed by atoms with Gasteiger partial charge in [0.15, 0.2) is 0 Å². The van der Waals surface area contributed by atoms with Crippen molar-refractivity contribution < 1.29 is 0 Å². The lowest BCUT2D eigenvalue weighted by atomic mass is 9.65. The first-order valence-electron chi connectivity index (χ1n) is 7.74. The highest BCUT2D eigenvalue weighted by molar-refractivity contribution is 7.78. The normalized spacial score (nSPS) is 21.6. The van der Waals surface area contributed by atoms with Crippen molar-refractivity contribution in [3.63, 3.8) is 0 Å². The Hall–Kier alpha value is -0.505.